The minimum absolute atomic E-state index is 0.272. The van der Waals surface area contributed by atoms with E-state index in [9.17, 15) is 4.79 Å². The zero-order valence-corrected chi connectivity index (χ0v) is 11.6. The molecule has 0 fully saturated rings. The molecule has 7 heteroatoms. The number of nitrogens with one attached hydrogen (secondary N) is 1. The van der Waals surface area contributed by atoms with Gasteiger partial charge in [-0.15, -0.1) is 0 Å². The van der Waals surface area contributed by atoms with Gasteiger partial charge in [0.1, 0.15) is 5.69 Å². The minimum atomic E-state index is -0.621. The van der Waals surface area contributed by atoms with E-state index in [1.165, 1.54) is 0 Å². The molecule has 0 spiro atoms. The van der Waals surface area contributed by atoms with Crippen molar-refractivity contribution in [2.45, 2.75) is 6.92 Å². The number of H-pyrrole nitrogens is 1. The van der Waals surface area contributed by atoms with Crippen LogP contribution in [0.4, 0.5) is 0 Å². The number of fused-ring (bicyclic) bond motifs is 1. The Morgan fingerprint density at radius 1 is 1.52 bits per heavy atom. The first-order valence-corrected chi connectivity index (χ1v) is 6.31. The number of allylic oxidation sites excluding steroid dienone is 3. The maximum Gasteiger partial charge on any atom is 0.439 e. The van der Waals surface area contributed by atoms with Crippen molar-refractivity contribution in [2.24, 2.45) is 7.05 Å². The Bertz CT molecular complexity index is 913. The lowest BCUT2D eigenvalue weighted by molar-refractivity contribution is 0.388. The minimum Gasteiger partial charge on any atom is -0.332 e. The molecule has 0 aliphatic carbocycles. The molecule has 0 amide bonds. The summed E-state index contributed by atoms with van der Waals surface area (Å²) in [6.45, 7) is 5.71. The molecule has 3 aromatic rings. The molecule has 7 nitrogen and oxygen atoms in total. The van der Waals surface area contributed by atoms with Crippen LogP contribution in [0.15, 0.2) is 40.4 Å². The van der Waals surface area contributed by atoms with Crippen LogP contribution in [-0.4, -0.2) is 24.7 Å². The molecule has 0 saturated heterocycles. The molecule has 21 heavy (non-hydrogen) atoms. The molecule has 3 aromatic heterocycles. The third-order valence-electron chi connectivity index (χ3n) is 3.18. The Labute approximate surface area is 119 Å². The average Bonchev–Trinajstić information content (AvgIpc) is 3.07. The predicted octanol–water partition coefficient (Wildman–Crippen LogP) is 1.90. The van der Waals surface area contributed by atoms with Gasteiger partial charge in [-0.05, 0) is 18.6 Å². The molecule has 0 aliphatic rings. The van der Waals surface area contributed by atoms with Crippen LogP contribution in [0.3, 0.4) is 0 Å². The van der Waals surface area contributed by atoms with Gasteiger partial charge in [0, 0.05) is 7.05 Å². The van der Waals surface area contributed by atoms with Crippen molar-refractivity contribution < 1.29 is 4.52 Å². The lowest BCUT2D eigenvalue weighted by atomic mass is 10.1. The number of imidazole rings is 1. The third-order valence-corrected chi connectivity index (χ3v) is 3.18. The van der Waals surface area contributed by atoms with Crippen molar-refractivity contribution in [3.63, 3.8) is 0 Å². The van der Waals surface area contributed by atoms with E-state index in [-0.39, 0.29) is 5.82 Å². The number of nitrogens with zero attached hydrogens (tertiary/aromatic N) is 4. The first kappa shape index (κ1) is 13.0. The fourth-order valence-electron chi connectivity index (χ4n) is 2.19. The summed E-state index contributed by atoms with van der Waals surface area (Å²) in [5, 5.41) is 3.67. The summed E-state index contributed by atoms with van der Waals surface area (Å²) < 4.78 is 6.42. The molecule has 0 aromatic carbocycles. The van der Waals surface area contributed by atoms with E-state index in [2.05, 4.69) is 31.2 Å². The number of aryl methyl sites for hydroxylation is 1. The lowest BCUT2D eigenvalue weighted by Crippen LogP contribution is -1.99. The van der Waals surface area contributed by atoms with Crippen LogP contribution in [0.1, 0.15) is 12.6 Å². The van der Waals surface area contributed by atoms with E-state index in [4.69, 9.17) is 0 Å². The summed E-state index contributed by atoms with van der Waals surface area (Å²) >= 11 is 0. The van der Waals surface area contributed by atoms with Crippen LogP contribution in [0.25, 0.3) is 28.1 Å². The zero-order chi connectivity index (χ0) is 15.0. The molecular weight excluding hydrogens is 270 g/mol. The molecular formula is C14H13N5O2. The predicted molar refractivity (Wildman–Crippen MR) is 78.5 cm³/mol. The van der Waals surface area contributed by atoms with Crippen molar-refractivity contribution in [1.29, 1.82) is 0 Å². The van der Waals surface area contributed by atoms with E-state index in [1.807, 2.05) is 24.6 Å². The van der Waals surface area contributed by atoms with Crippen molar-refractivity contribution in [3.05, 3.63) is 47.4 Å². The molecule has 0 radical (unpaired) electrons. The largest absolute Gasteiger partial charge is 0.439 e. The smallest absolute Gasteiger partial charge is 0.332 e. The van der Waals surface area contributed by atoms with Gasteiger partial charge in [-0.3, -0.25) is 9.51 Å². The highest BCUT2D eigenvalue weighted by atomic mass is 16.5. The number of rotatable bonds is 3. The summed E-state index contributed by atoms with van der Waals surface area (Å²) in [5.74, 6) is -0.349. The molecule has 3 heterocycles. The fourth-order valence-corrected chi connectivity index (χ4v) is 2.19. The van der Waals surface area contributed by atoms with Crippen molar-refractivity contribution in [3.8, 4) is 11.5 Å². The summed E-state index contributed by atoms with van der Waals surface area (Å²) in [4.78, 5) is 22.5. The number of aromatic amines is 1. The highest BCUT2D eigenvalue weighted by Gasteiger charge is 2.15. The van der Waals surface area contributed by atoms with Crippen LogP contribution >= 0.6 is 0 Å². The number of hydrogen-bond acceptors (Lipinski definition) is 5. The molecule has 0 atom stereocenters. The van der Waals surface area contributed by atoms with Gasteiger partial charge in [0.2, 0.25) is 5.82 Å². The van der Waals surface area contributed by atoms with E-state index < -0.39 is 5.76 Å². The number of aromatic nitrogens is 5. The van der Waals surface area contributed by atoms with Gasteiger partial charge in [-0.1, -0.05) is 23.9 Å². The Kier molecular flexibility index (Phi) is 3.02. The van der Waals surface area contributed by atoms with Crippen molar-refractivity contribution >= 4 is 16.6 Å². The first-order valence-electron chi connectivity index (χ1n) is 6.31. The Morgan fingerprint density at radius 2 is 2.33 bits per heavy atom. The number of pyridine rings is 1. The van der Waals surface area contributed by atoms with Gasteiger partial charge >= 0.3 is 5.76 Å². The standard InChI is InChI=1S/C14H13N5O2/c1-4-8(5-2)11-12-9(15-7-19(12)3)6-10(16-11)13-17-14(20)21-18-13/h4-7H,1H2,2-3H3,(H,17,18,20)/b8-5+. The normalized spacial score (nSPS) is 12.0. The van der Waals surface area contributed by atoms with E-state index in [0.29, 0.717) is 5.69 Å². The quantitative estimate of drug-likeness (QED) is 0.741. The molecule has 0 unspecified atom stereocenters. The lowest BCUT2D eigenvalue weighted by Gasteiger charge is -2.07. The second-order valence-corrected chi connectivity index (χ2v) is 4.47. The van der Waals surface area contributed by atoms with E-state index in [0.717, 1.165) is 22.3 Å². The second-order valence-electron chi connectivity index (χ2n) is 4.47. The molecule has 0 bridgehead atoms. The molecule has 0 saturated carbocycles. The fraction of sp³-hybridized carbons (Fsp3) is 0.143. The average molecular weight is 283 g/mol. The topological polar surface area (TPSA) is 89.6 Å². The van der Waals surface area contributed by atoms with Crippen LogP contribution in [0.2, 0.25) is 0 Å². The van der Waals surface area contributed by atoms with Gasteiger partial charge in [-0.25, -0.2) is 14.8 Å². The monoisotopic (exact) mass is 283 g/mol. The van der Waals surface area contributed by atoms with Gasteiger partial charge in [-0.2, -0.15) is 0 Å². The third kappa shape index (κ3) is 2.08. The van der Waals surface area contributed by atoms with Crippen LogP contribution in [-0.2, 0) is 7.05 Å². The molecule has 106 valence electrons. The Hall–Kier alpha value is -2.96. The zero-order valence-electron chi connectivity index (χ0n) is 11.6. The maximum atomic E-state index is 11.1. The van der Waals surface area contributed by atoms with Gasteiger partial charge in [0.25, 0.3) is 0 Å². The molecule has 3 rings (SSSR count). The van der Waals surface area contributed by atoms with Crippen molar-refractivity contribution in [1.82, 2.24) is 24.7 Å². The Morgan fingerprint density at radius 3 is 2.95 bits per heavy atom. The van der Waals surface area contributed by atoms with Crippen molar-refractivity contribution in [2.75, 3.05) is 0 Å². The summed E-state index contributed by atoms with van der Waals surface area (Å²) in [6.07, 6.45) is 5.35. The first-order chi connectivity index (χ1) is 10.1. The summed E-state index contributed by atoms with van der Waals surface area (Å²) in [5.41, 5.74) is 3.73. The second kappa shape index (κ2) is 4.86. The van der Waals surface area contributed by atoms with Crippen LogP contribution in [0.5, 0.6) is 0 Å². The van der Waals surface area contributed by atoms with Gasteiger partial charge in [0.05, 0.1) is 23.1 Å². The summed E-state index contributed by atoms with van der Waals surface area (Å²) in [7, 11) is 1.90. The maximum absolute atomic E-state index is 11.1. The van der Waals surface area contributed by atoms with Crippen LogP contribution < -0.4 is 5.76 Å². The SMILES string of the molecule is C=C/C(=C\C)c1nc(-c2noc(=O)[nH]2)cc2ncn(C)c12. The summed E-state index contributed by atoms with van der Waals surface area (Å²) in [6, 6.07) is 1.75. The van der Waals surface area contributed by atoms with Gasteiger partial charge in [0.15, 0.2) is 0 Å². The van der Waals surface area contributed by atoms with E-state index >= 15 is 0 Å². The highest BCUT2D eigenvalue weighted by Crippen LogP contribution is 2.26. The van der Waals surface area contributed by atoms with Crippen LogP contribution in [0, 0.1) is 0 Å². The Balaban J connectivity index is 2.35. The molecule has 1 N–H and O–H groups in total. The van der Waals surface area contributed by atoms with Gasteiger partial charge < -0.3 is 4.57 Å². The van der Waals surface area contributed by atoms with E-state index in [1.54, 1.807) is 18.5 Å². The molecule has 0 aliphatic heterocycles. The number of hydrogen-bond donors (Lipinski definition) is 1. The highest BCUT2D eigenvalue weighted by molar-refractivity contribution is 5.92.